The number of alkyl halides is 3. The summed E-state index contributed by atoms with van der Waals surface area (Å²) in [7, 11) is -2.65. The lowest BCUT2D eigenvalue weighted by molar-refractivity contribution is -0.141. The zero-order valence-electron chi connectivity index (χ0n) is 19.5. The summed E-state index contributed by atoms with van der Waals surface area (Å²) in [4.78, 5) is 6.18. The van der Waals surface area contributed by atoms with Crippen LogP contribution in [0.2, 0.25) is 0 Å². The lowest BCUT2D eigenvalue weighted by Crippen LogP contribution is -2.50. The van der Waals surface area contributed by atoms with Crippen LogP contribution in [0.3, 0.4) is 0 Å². The first-order valence-electron chi connectivity index (χ1n) is 12.0. The van der Waals surface area contributed by atoms with Gasteiger partial charge in [0.15, 0.2) is 9.84 Å². The third kappa shape index (κ3) is 4.89. The van der Waals surface area contributed by atoms with E-state index in [1.807, 2.05) is 13.8 Å². The standard InChI is InChI=1S/C12H12F3N3.C12H19NO2S/c1-8(2)18-7-6-10(17-18)9-4-3-5-11(16-9)12(13,14)15;14-16(15)7-12(8-16)1-2-13(6-12)11-4-9-3-10(9)5-11/h3-8H,1-2H3;9-11H,1-8H2/t;9-,10+,11?. The third-order valence-corrected chi connectivity index (χ3v) is 9.80. The summed E-state index contributed by atoms with van der Waals surface area (Å²) in [6, 6.07) is 6.41. The zero-order valence-corrected chi connectivity index (χ0v) is 20.3. The molecule has 2 aromatic heterocycles. The molecule has 4 heterocycles. The maximum Gasteiger partial charge on any atom is 0.433 e. The van der Waals surface area contributed by atoms with E-state index < -0.39 is 21.7 Å². The lowest BCUT2D eigenvalue weighted by atomic mass is 9.91. The Morgan fingerprint density at radius 2 is 1.76 bits per heavy atom. The largest absolute Gasteiger partial charge is 0.433 e. The molecule has 3 atom stereocenters. The number of fused-ring (bicyclic) bond motifs is 1. The van der Waals surface area contributed by atoms with Gasteiger partial charge in [0.2, 0.25) is 0 Å². The second kappa shape index (κ2) is 8.33. The van der Waals surface area contributed by atoms with E-state index in [0.29, 0.717) is 17.2 Å². The van der Waals surface area contributed by atoms with Gasteiger partial charge in [-0.05, 0) is 76.1 Å². The first kappa shape index (κ1) is 23.8. The number of nitrogens with zero attached hydrogens (tertiary/aromatic N) is 4. The summed E-state index contributed by atoms with van der Waals surface area (Å²) in [5.74, 6) is 3.00. The van der Waals surface area contributed by atoms with E-state index >= 15 is 0 Å². The molecule has 0 bridgehead atoms. The van der Waals surface area contributed by atoms with E-state index in [9.17, 15) is 21.6 Å². The molecule has 0 radical (unpaired) electrons. The van der Waals surface area contributed by atoms with E-state index in [1.54, 1.807) is 16.9 Å². The second-order valence-electron chi connectivity index (χ2n) is 10.8. The fourth-order valence-electron chi connectivity index (χ4n) is 5.89. The summed E-state index contributed by atoms with van der Waals surface area (Å²) in [6.07, 6.45) is 2.68. The van der Waals surface area contributed by atoms with Crippen LogP contribution in [-0.4, -0.2) is 58.7 Å². The Kier molecular flexibility index (Phi) is 5.82. The Balaban J connectivity index is 0.000000142. The van der Waals surface area contributed by atoms with Gasteiger partial charge in [0.1, 0.15) is 11.4 Å². The van der Waals surface area contributed by atoms with Crippen molar-refractivity contribution in [1.82, 2.24) is 19.7 Å². The number of sulfone groups is 1. The first-order valence-corrected chi connectivity index (χ1v) is 13.8. The number of hydrogen-bond acceptors (Lipinski definition) is 5. The van der Waals surface area contributed by atoms with Gasteiger partial charge in [0.25, 0.3) is 0 Å². The molecule has 6 nitrogen and oxygen atoms in total. The Morgan fingerprint density at radius 1 is 1.06 bits per heavy atom. The molecule has 34 heavy (non-hydrogen) atoms. The fraction of sp³-hybridized carbons (Fsp3) is 0.667. The molecule has 2 saturated carbocycles. The number of aromatic nitrogens is 3. The van der Waals surface area contributed by atoms with E-state index in [2.05, 4.69) is 15.0 Å². The topological polar surface area (TPSA) is 68.1 Å². The molecule has 0 amide bonds. The van der Waals surface area contributed by atoms with Crippen molar-refractivity contribution in [3.8, 4) is 11.4 Å². The number of pyridine rings is 1. The van der Waals surface area contributed by atoms with Crippen LogP contribution in [0.5, 0.6) is 0 Å². The molecule has 0 aromatic carbocycles. The highest BCUT2D eigenvalue weighted by Gasteiger charge is 2.55. The van der Waals surface area contributed by atoms with Crippen molar-refractivity contribution in [2.24, 2.45) is 17.3 Å². The number of rotatable bonds is 3. The van der Waals surface area contributed by atoms with Gasteiger partial charge in [-0.2, -0.15) is 18.3 Å². The highest BCUT2D eigenvalue weighted by molar-refractivity contribution is 7.92. The average Bonchev–Trinajstić information content (AvgIpc) is 3.16. The number of likely N-dealkylation sites (tertiary alicyclic amines) is 1. The Labute approximate surface area is 198 Å². The Morgan fingerprint density at radius 3 is 2.35 bits per heavy atom. The molecular weight excluding hydrogens is 465 g/mol. The van der Waals surface area contributed by atoms with E-state index in [1.165, 1.54) is 31.4 Å². The maximum absolute atomic E-state index is 12.5. The summed E-state index contributed by atoms with van der Waals surface area (Å²) >= 11 is 0. The zero-order chi connectivity index (χ0) is 24.3. The molecule has 2 aliphatic heterocycles. The van der Waals surface area contributed by atoms with Gasteiger partial charge in [-0.25, -0.2) is 13.4 Å². The Hall–Kier alpha value is -1.94. The molecule has 2 saturated heterocycles. The van der Waals surface area contributed by atoms with Gasteiger partial charge in [-0.1, -0.05) is 6.07 Å². The first-order chi connectivity index (χ1) is 15.9. The predicted octanol–water partition coefficient (Wildman–Crippen LogP) is 4.45. The predicted molar refractivity (Wildman–Crippen MR) is 123 cm³/mol. The highest BCUT2D eigenvalue weighted by atomic mass is 32.2. The molecule has 10 heteroatoms. The monoisotopic (exact) mass is 496 g/mol. The molecule has 1 spiro atoms. The molecule has 4 fully saturated rings. The molecule has 2 aromatic rings. The summed E-state index contributed by atoms with van der Waals surface area (Å²) in [6.45, 7) is 6.10. The van der Waals surface area contributed by atoms with Crippen molar-refractivity contribution in [3.05, 3.63) is 36.2 Å². The van der Waals surface area contributed by atoms with Crippen LogP contribution in [0.25, 0.3) is 11.4 Å². The minimum atomic E-state index is -4.43. The normalized spacial score (nSPS) is 28.9. The molecule has 186 valence electrons. The van der Waals surface area contributed by atoms with Crippen molar-refractivity contribution in [3.63, 3.8) is 0 Å². The van der Waals surface area contributed by atoms with Gasteiger partial charge >= 0.3 is 6.18 Å². The lowest BCUT2D eigenvalue weighted by Gasteiger charge is -2.38. The average molecular weight is 497 g/mol. The summed E-state index contributed by atoms with van der Waals surface area (Å²) in [5.41, 5.74) is -0.0656. The molecule has 2 aliphatic carbocycles. The smallest absolute Gasteiger partial charge is 0.300 e. The van der Waals surface area contributed by atoms with Crippen molar-refractivity contribution in [1.29, 1.82) is 0 Å². The fourth-order valence-corrected chi connectivity index (χ4v) is 8.14. The van der Waals surface area contributed by atoms with E-state index in [0.717, 1.165) is 43.5 Å². The van der Waals surface area contributed by atoms with Gasteiger partial charge in [0.05, 0.1) is 17.2 Å². The minimum absolute atomic E-state index is 0.157. The Bertz CT molecular complexity index is 1140. The number of halogens is 3. The van der Waals surface area contributed by atoms with Crippen LogP contribution >= 0.6 is 0 Å². The van der Waals surface area contributed by atoms with Crippen molar-refractivity contribution < 1.29 is 21.6 Å². The second-order valence-corrected chi connectivity index (χ2v) is 12.9. The van der Waals surface area contributed by atoms with Crippen LogP contribution in [0.4, 0.5) is 13.2 Å². The van der Waals surface area contributed by atoms with Crippen molar-refractivity contribution >= 4 is 9.84 Å². The highest BCUT2D eigenvalue weighted by Crippen LogP contribution is 2.54. The van der Waals surface area contributed by atoms with Crippen LogP contribution in [0.1, 0.15) is 51.3 Å². The minimum Gasteiger partial charge on any atom is -0.300 e. The van der Waals surface area contributed by atoms with Crippen LogP contribution in [0, 0.1) is 17.3 Å². The van der Waals surface area contributed by atoms with Crippen molar-refractivity contribution in [2.75, 3.05) is 24.6 Å². The van der Waals surface area contributed by atoms with Gasteiger partial charge in [-0.15, -0.1) is 0 Å². The van der Waals surface area contributed by atoms with Crippen LogP contribution in [0.15, 0.2) is 30.5 Å². The maximum atomic E-state index is 12.5. The van der Waals surface area contributed by atoms with Crippen LogP contribution < -0.4 is 0 Å². The van der Waals surface area contributed by atoms with Gasteiger partial charge in [-0.3, -0.25) is 9.58 Å². The third-order valence-electron chi connectivity index (χ3n) is 7.69. The molecule has 0 N–H and O–H groups in total. The molecule has 1 unspecified atom stereocenters. The van der Waals surface area contributed by atoms with Gasteiger partial charge < -0.3 is 0 Å². The van der Waals surface area contributed by atoms with E-state index in [4.69, 9.17) is 0 Å². The van der Waals surface area contributed by atoms with Gasteiger partial charge in [0, 0.05) is 30.2 Å². The molecular formula is C24H31F3N4O2S. The number of hydrogen-bond donors (Lipinski definition) is 0. The van der Waals surface area contributed by atoms with E-state index in [-0.39, 0.29) is 17.2 Å². The van der Waals surface area contributed by atoms with Crippen LogP contribution in [-0.2, 0) is 16.0 Å². The molecule has 6 rings (SSSR count). The van der Waals surface area contributed by atoms with Crippen molar-refractivity contribution in [2.45, 2.75) is 57.8 Å². The summed E-state index contributed by atoms with van der Waals surface area (Å²) < 4.78 is 61.9. The SMILES string of the molecule is CC(C)n1ccc(-c2cccc(C(F)(F)F)n2)n1.O=S1(=O)CC2(CCN(C3C[C@@H]4C[C@@H]4C3)C2)C1. The molecule has 4 aliphatic rings. The summed E-state index contributed by atoms with van der Waals surface area (Å²) in [5, 5.41) is 4.19. The quantitative estimate of drug-likeness (QED) is 0.628.